The van der Waals surface area contributed by atoms with Crippen molar-refractivity contribution in [2.75, 3.05) is 6.61 Å². The maximum atomic E-state index is 5.06. The van der Waals surface area contributed by atoms with Gasteiger partial charge in [0.05, 0.1) is 12.6 Å². The topological polar surface area (TPSA) is 21.3 Å². The fourth-order valence-electron chi connectivity index (χ4n) is 1.32. The summed E-state index contributed by atoms with van der Waals surface area (Å²) in [6.07, 6.45) is 1.07. The highest BCUT2D eigenvalue weighted by atomic mass is 16.7. The van der Waals surface area contributed by atoms with Gasteiger partial charge in [-0.3, -0.25) is 0 Å². The van der Waals surface area contributed by atoms with Crippen molar-refractivity contribution in [2.24, 2.45) is 0 Å². The van der Waals surface area contributed by atoms with Gasteiger partial charge < -0.3 is 4.84 Å². The summed E-state index contributed by atoms with van der Waals surface area (Å²) in [6.45, 7) is 0.819. The van der Waals surface area contributed by atoms with Crippen molar-refractivity contribution in [3.8, 4) is 0 Å². The molecule has 1 atom stereocenters. The van der Waals surface area contributed by atoms with Crippen molar-refractivity contribution in [1.82, 2.24) is 5.48 Å². The SMILES string of the molecule is c1ccc(C2CCON2)cc1. The van der Waals surface area contributed by atoms with E-state index >= 15 is 0 Å². The molecule has 1 heterocycles. The minimum absolute atomic E-state index is 0.399. The molecule has 0 saturated carbocycles. The van der Waals surface area contributed by atoms with E-state index in [0.717, 1.165) is 13.0 Å². The molecule has 1 N–H and O–H groups in total. The van der Waals surface area contributed by atoms with Gasteiger partial charge in [-0.25, -0.2) is 0 Å². The van der Waals surface area contributed by atoms with Crippen LogP contribution < -0.4 is 5.48 Å². The van der Waals surface area contributed by atoms with Gasteiger partial charge in [0.2, 0.25) is 0 Å². The van der Waals surface area contributed by atoms with E-state index in [0.29, 0.717) is 6.04 Å². The average Bonchev–Trinajstić information content (AvgIpc) is 2.58. The van der Waals surface area contributed by atoms with Gasteiger partial charge in [-0.2, -0.15) is 5.48 Å². The van der Waals surface area contributed by atoms with Gasteiger partial charge in [-0.15, -0.1) is 0 Å². The lowest BCUT2D eigenvalue weighted by atomic mass is 10.1. The fraction of sp³-hybridized carbons (Fsp3) is 0.333. The predicted molar refractivity (Wildman–Crippen MR) is 42.9 cm³/mol. The van der Waals surface area contributed by atoms with Crippen LogP contribution in [0, 0.1) is 0 Å². The zero-order chi connectivity index (χ0) is 7.52. The maximum Gasteiger partial charge on any atom is 0.0701 e. The van der Waals surface area contributed by atoms with Gasteiger partial charge in [-0.1, -0.05) is 30.3 Å². The van der Waals surface area contributed by atoms with Crippen LogP contribution in [0.5, 0.6) is 0 Å². The monoisotopic (exact) mass is 149 g/mol. The number of hydrogen-bond donors (Lipinski definition) is 1. The Kier molecular flexibility index (Phi) is 1.88. The first-order valence-electron chi connectivity index (χ1n) is 3.89. The second kappa shape index (κ2) is 3.03. The molecule has 1 aromatic rings. The van der Waals surface area contributed by atoms with Gasteiger partial charge in [0.1, 0.15) is 0 Å². The first-order chi connectivity index (χ1) is 5.47. The normalized spacial score (nSPS) is 23.8. The van der Waals surface area contributed by atoms with Crippen molar-refractivity contribution >= 4 is 0 Å². The highest BCUT2D eigenvalue weighted by Crippen LogP contribution is 2.19. The third-order valence-corrected chi connectivity index (χ3v) is 1.94. The second-order valence-electron chi connectivity index (χ2n) is 2.72. The number of rotatable bonds is 1. The number of nitrogens with one attached hydrogen (secondary N) is 1. The molecular weight excluding hydrogens is 138 g/mol. The second-order valence-corrected chi connectivity index (χ2v) is 2.72. The van der Waals surface area contributed by atoms with Crippen LogP contribution in [-0.2, 0) is 4.84 Å². The molecular formula is C9H11NO. The Morgan fingerprint density at radius 2 is 2.09 bits per heavy atom. The Hall–Kier alpha value is -0.860. The molecule has 1 unspecified atom stereocenters. The van der Waals surface area contributed by atoms with Crippen molar-refractivity contribution in [1.29, 1.82) is 0 Å². The quantitative estimate of drug-likeness (QED) is 0.655. The Balaban J connectivity index is 2.16. The highest BCUT2D eigenvalue weighted by molar-refractivity contribution is 5.18. The minimum atomic E-state index is 0.399. The van der Waals surface area contributed by atoms with Gasteiger partial charge in [-0.05, 0) is 12.0 Å². The van der Waals surface area contributed by atoms with Crippen molar-refractivity contribution in [3.05, 3.63) is 35.9 Å². The molecule has 0 radical (unpaired) electrons. The summed E-state index contributed by atoms with van der Waals surface area (Å²) in [4.78, 5) is 5.06. The largest absolute Gasteiger partial charge is 0.301 e. The van der Waals surface area contributed by atoms with E-state index in [1.165, 1.54) is 5.56 Å². The third kappa shape index (κ3) is 1.42. The van der Waals surface area contributed by atoms with E-state index in [2.05, 4.69) is 29.7 Å². The molecule has 2 nitrogen and oxygen atoms in total. The molecule has 0 bridgehead atoms. The maximum absolute atomic E-state index is 5.06. The fourth-order valence-corrected chi connectivity index (χ4v) is 1.32. The molecule has 0 aromatic heterocycles. The molecule has 58 valence electrons. The summed E-state index contributed by atoms with van der Waals surface area (Å²) in [7, 11) is 0. The average molecular weight is 149 g/mol. The van der Waals surface area contributed by atoms with E-state index in [4.69, 9.17) is 4.84 Å². The molecule has 1 saturated heterocycles. The Morgan fingerprint density at radius 1 is 1.27 bits per heavy atom. The van der Waals surface area contributed by atoms with Crippen LogP contribution in [0.2, 0.25) is 0 Å². The molecule has 1 aromatic carbocycles. The number of benzene rings is 1. The van der Waals surface area contributed by atoms with E-state index in [9.17, 15) is 0 Å². The number of hydroxylamine groups is 1. The standard InChI is InChI=1S/C9H11NO/c1-2-4-8(5-3-1)9-6-7-11-10-9/h1-5,9-10H,6-7H2. The van der Waals surface area contributed by atoms with Gasteiger partial charge in [0, 0.05) is 0 Å². The van der Waals surface area contributed by atoms with Crippen LogP contribution in [0.3, 0.4) is 0 Å². The van der Waals surface area contributed by atoms with Crippen LogP contribution in [0.25, 0.3) is 0 Å². The number of hydrogen-bond acceptors (Lipinski definition) is 2. The Morgan fingerprint density at radius 3 is 2.73 bits per heavy atom. The highest BCUT2D eigenvalue weighted by Gasteiger charge is 2.15. The summed E-state index contributed by atoms with van der Waals surface area (Å²) in [5, 5.41) is 0. The molecule has 1 fully saturated rings. The van der Waals surface area contributed by atoms with Crippen molar-refractivity contribution in [2.45, 2.75) is 12.5 Å². The molecule has 0 amide bonds. The van der Waals surface area contributed by atoms with Gasteiger partial charge >= 0.3 is 0 Å². The molecule has 2 heteroatoms. The predicted octanol–water partition coefficient (Wildman–Crippen LogP) is 1.65. The summed E-state index contributed by atoms with van der Waals surface area (Å²) >= 11 is 0. The van der Waals surface area contributed by atoms with E-state index in [-0.39, 0.29) is 0 Å². The molecule has 0 spiro atoms. The molecule has 11 heavy (non-hydrogen) atoms. The van der Waals surface area contributed by atoms with Gasteiger partial charge in [0.15, 0.2) is 0 Å². The third-order valence-electron chi connectivity index (χ3n) is 1.94. The Labute approximate surface area is 66.1 Å². The summed E-state index contributed by atoms with van der Waals surface area (Å²) in [5.74, 6) is 0. The van der Waals surface area contributed by atoms with Crippen molar-refractivity contribution < 1.29 is 4.84 Å². The lowest BCUT2D eigenvalue weighted by molar-refractivity contribution is 0.0883. The van der Waals surface area contributed by atoms with Crippen LogP contribution in [-0.4, -0.2) is 6.61 Å². The zero-order valence-corrected chi connectivity index (χ0v) is 6.29. The molecule has 1 aliphatic rings. The molecule has 1 aliphatic heterocycles. The first kappa shape index (κ1) is 6.83. The summed E-state index contributed by atoms with van der Waals surface area (Å²) < 4.78 is 0. The zero-order valence-electron chi connectivity index (χ0n) is 6.29. The molecule has 0 aliphatic carbocycles. The molecule has 2 rings (SSSR count). The van der Waals surface area contributed by atoms with E-state index in [1.807, 2.05) is 6.07 Å². The van der Waals surface area contributed by atoms with Crippen LogP contribution >= 0.6 is 0 Å². The van der Waals surface area contributed by atoms with Gasteiger partial charge in [0.25, 0.3) is 0 Å². The van der Waals surface area contributed by atoms with E-state index < -0.39 is 0 Å². The van der Waals surface area contributed by atoms with Crippen LogP contribution in [0.15, 0.2) is 30.3 Å². The lowest BCUT2D eigenvalue weighted by Gasteiger charge is -2.06. The summed E-state index contributed by atoms with van der Waals surface area (Å²) in [5.41, 5.74) is 4.28. The van der Waals surface area contributed by atoms with Crippen LogP contribution in [0.1, 0.15) is 18.0 Å². The Bertz CT molecular complexity index is 216. The lowest BCUT2D eigenvalue weighted by Crippen LogP contribution is -2.10. The smallest absolute Gasteiger partial charge is 0.0701 e. The summed E-state index contributed by atoms with van der Waals surface area (Å²) in [6, 6.07) is 10.8. The minimum Gasteiger partial charge on any atom is -0.301 e. The van der Waals surface area contributed by atoms with E-state index in [1.54, 1.807) is 0 Å². The van der Waals surface area contributed by atoms with Crippen LogP contribution in [0.4, 0.5) is 0 Å². The van der Waals surface area contributed by atoms with Crippen molar-refractivity contribution in [3.63, 3.8) is 0 Å². The first-order valence-corrected chi connectivity index (χ1v) is 3.89.